The number of Topliss-reactive ketones (excluding diaryl/α,β-unsaturated/α-hetero) is 1. The third kappa shape index (κ3) is 3.41. The molecule has 0 fully saturated rings. The lowest BCUT2D eigenvalue weighted by molar-refractivity contribution is 0.106. The van der Waals surface area contributed by atoms with E-state index >= 15 is 0 Å². The average Bonchev–Trinajstić information content (AvgIpc) is 3.13. The zero-order chi connectivity index (χ0) is 16.4. The minimum Gasteiger partial charge on any atom is -0.302 e. The maximum Gasteiger partial charge on any atom is 0.268 e. The van der Waals surface area contributed by atoms with Crippen molar-refractivity contribution < 1.29 is 4.79 Å². The van der Waals surface area contributed by atoms with Gasteiger partial charge in [-0.15, -0.1) is 22.7 Å². The summed E-state index contributed by atoms with van der Waals surface area (Å²) < 4.78 is 2.81. The first kappa shape index (κ1) is 15.6. The van der Waals surface area contributed by atoms with Crippen LogP contribution in [0.5, 0.6) is 0 Å². The van der Waals surface area contributed by atoms with Gasteiger partial charge in [-0.2, -0.15) is 0 Å². The molecule has 0 saturated carbocycles. The van der Waals surface area contributed by atoms with Gasteiger partial charge in [0.15, 0.2) is 5.78 Å². The largest absolute Gasteiger partial charge is 0.302 e. The molecule has 0 N–H and O–H groups in total. The molecule has 3 nitrogen and oxygen atoms in total. The molecule has 0 amide bonds. The summed E-state index contributed by atoms with van der Waals surface area (Å²) >= 11 is 2.74. The van der Waals surface area contributed by atoms with Gasteiger partial charge in [-0.05, 0) is 30.0 Å². The van der Waals surface area contributed by atoms with Crippen molar-refractivity contribution in [3.05, 3.63) is 77.3 Å². The van der Waals surface area contributed by atoms with E-state index in [-0.39, 0.29) is 11.3 Å². The first-order valence-corrected chi connectivity index (χ1v) is 8.78. The molecule has 23 heavy (non-hydrogen) atoms. The maximum absolute atomic E-state index is 12.4. The Balaban J connectivity index is 2.09. The number of aromatic nitrogens is 1. The van der Waals surface area contributed by atoms with Crippen LogP contribution in [0.25, 0.3) is 12.2 Å². The van der Waals surface area contributed by atoms with Crippen molar-refractivity contribution in [2.24, 2.45) is 7.05 Å². The molecule has 0 atom stereocenters. The quantitative estimate of drug-likeness (QED) is 0.686. The molecule has 3 rings (SSSR count). The van der Waals surface area contributed by atoms with Crippen LogP contribution in [0.15, 0.2) is 46.6 Å². The van der Waals surface area contributed by atoms with Crippen LogP contribution in [-0.2, 0) is 7.05 Å². The van der Waals surface area contributed by atoms with Gasteiger partial charge in [-0.25, -0.2) is 0 Å². The normalized spacial score (nSPS) is 12.8. The summed E-state index contributed by atoms with van der Waals surface area (Å²) in [7, 11) is 1.69. The lowest BCUT2D eigenvalue weighted by Crippen LogP contribution is -2.29. The summed E-state index contributed by atoms with van der Waals surface area (Å²) in [4.78, 5) is 25.2. The summed E-state index contributed by atoms with van der Waals surface area (Å²) in [6.45, 7) is 2.02. The van der Waals surface area contributed by atoms with Crippen LogP contribution in [0.4, 0.5) is 0 Å². The maximum atomic E-state index is 12.4. The fourth-order valence-electron chi connectivity index (χ4n) is 2.22. The van der Waals surface area contributed by atoms with Gasteiger partial charge < -0.3 is 4.57 Å². The molecule has 0 radical (unpaired) electrons. The van der Waals surface area contributed by atoms with Gasteiger partial charge in [0, 0.05) is 13.1 Å². The van der Waals surface area contributed by atoms with Gasteiger partial charge in [0.25, 0.3) is 5.56 Å². The lowest BCUT2D eigenvalue weighted by Gasteiger charge is -1.93. The van der Waals surface area contributed by atoms with Crippen molar-refractivity contribution in [3.63, 3.8) is 0 Å². The van der Waals surface area contributed by atoms with Crippen LogP contribution in [0.3, 0.4) is 0 Å². The molecule has 0 aliphatic carbocycles. The molecule has 5 heteroatoms. The fraction of sp³-hybridized carbons (Fsp3) is 0.111. The number of hydrogen-bond acceptors (Lipinski definition) is 4. The lowest BCUT2D eigenvalue weighted by atomic mass is 10.1. The van der Waals surface area contributed by atoms with Gasteiger partial charge in [0.2, 0.25) is 0 Å². The molecule has 2 heterocycles. The number of rotatable bonds is 3. The van der Waals surface area contributed by atoms with Crippen molar-refractivity contribution in [1.29, 1.82) is 0 Å². The molecule has 116 valence electrons. The van der Waals surface area contributed by atoms with E-state index in [9.17, 15) is 9.59 Å². The Morgan fingerprint density at radius 3 is 2.74 bits per heavy atom. The Morgan fingerprint density at radius 1 is 1.22 bits per heavy atom. The number of carbonyl (C=O) groups excluding carboxylic acids is 1. The highest BCUT2D eigenvalue weighted by atomic mass is 32.1. The SMILES string of the molecule is Cc1cccc(/C=c2\s/c(=C\C(=O)c3cccs3)n(C)c2=O)c1. The number of thiazole rings is 1. The highest BCUT2D eigenvalue weighted by Crippen LogP contribution is 2.09. The predicted octanol–water partition coefficient (Wildman–Crippen LogP) is 2.31. The van der Waals surface area contributed by atoms with Crippen LogP contribution < -0.4 is 14.8 Å². The summed E-state index contributed by atoms with van der Waals surface area (Å²) in [6.07, 6.45) is 3.40. The molecule has 0 aliphatic heterocycles. The minimum atomic E-state index is -0.0817. The van der Waals surface area contributed by atoms with Crippen molar-refractivity contribution in [1.82, 2.24) is 4.57 Å². The smallest absolute Gasteiger partial charge is 0.268 e. The molecule has 0 aliphatic rings. The molecule has 0 unspecified atom stereocenters. The van der Waals surface area contributed by atoms with Crippen LogP contribution in [0.2, 0.25) is 0 Å². The number of nitrogens with zero attached hydrogens (tertiary/aromatic N) is 1. The third-order valence-electron chi connectivity index (χ3n) is 3.42. The Bertz CT molecular complexity index is 1020. The molecule has 0 spiro atoms. The van der Waals surface area contributed by atoms with Crippen LogP contribution in [0.1, 0.15) is 20.8 Å². The Hall–Kier alpha value is -2.24. The minimum absolute atomic E-state index is 0.0704. The highest BCUT2D eigenvalue weighted by Gasteiger charge is 2.06. The fourth-order valence-corrected chi connectivity index (χ4v) is 3.89. The van der Waals surface area contributed by atoms with Gasteiger partial charge in [-0.3, -0.25) is 9.59 Å². The Labute approximate surface area is 141 Å². The topological polar surface area (TPSA) is 39.1 Å². The van der Waals surface area contributed by atoms with Crippen molar-refractivity contribution in [2.75, 3.05) is 0 Å². The van der Waals surface area contributed by atoms with E-state index in [4.69, 9.17) is 0 Å². The van der Waals surface area contributed by atoms with E-state index in [0.717, 1.165) is 11.1 Å². The monoisotopic (exact) mass is 341 g/mol. The molecule has 1 aromatic carbocycles. The second-order valence-electron chi connectivity index (χ2n) is 5.21. The van der Waals surface area contributed by atoms with E-state index in [1.54, 1.807) is 13.1 Å². The summed E-state index contributed by atoms with van der Waals surface area (Å²) in [5.41, 5.74) is 2.05. The molecule has 0 saturated heterocycles. The number of carbonyl (C=O) groups is 1. The average molecular weight is 341 g/mol. The van der Waals surface area contributed by atoms with Gasteiger partial charge in [-0.1, -0.05) is 35.9 Å². The van der Waals surface area contributed by atoms with Crippen molar-refractivity contribution in [3.8, 4) is 0 Å². The zero-order valence-corrected chi connectivity index (χ0v) is 14.4. The summed E-state index contributed by atoms with van der Waals surface area (Å²) in [5, 5.41) is 1.87. The summed E-state index contributed by atoms with van der Waals surface area (Å²) in [5.74, 6) is -0.0704. The standard InChI is InChI=1S/C18H15NO2S2/c1-12-5-3-6-13(9-12)10-16-18(21)19(2)17(23-16)11-14(20)15-7-4-8-22-15/h3-11H,1-2H3/b16-10-,17-11-. The van der Waals surface area contributed by atoms with Gasteiger partial charge in [0.1, 0.15) is 4.66 Å². The van der Waals surface area contributed by atoms with E-state index in [2.05, 4.69) is 0 Å². The van der Waals surface area contributed by atoms with Crippen molar-refractivity contribution >= 4 is 40.6 Å². The highest BCUT2D eigenvalue weighted by molar-refractivity contribution is 7.12. The first-order chi connectivity index (χ1) is 11.0. The van der Waals surface area contributed by atoms with Gasteiger partial charge in [0.05, 0.1) is 9.41 Å². The van der Waals surface area contributed by atoms with Gasteiger partial charge >= 0.3 is 0 Å². The van der Waals surface area contributed by atoms with Crippen LogP contribution in [-0.4, -0.2) is 10.4 Å². The zero-order valence-electron chi connectivity index (χ0n) is 12.8. The molecular weight excluding hydrogens is 326 g/mol. The first-order valence-electron chi connectivity index (χ1n) is 7.08. The summed E-state index contributed by atoms with van der Waals surface area (Å²) in [6, 6.07) is 11.6. The molecule has 3 aromatic rings. The molecule has 2 aromatic heterocycles. The third-order valence-corrected chi connectivity index (χ3v) is 5.42. The number of hydrogen-bond donors (Lipinski definition) is 0. The van der Waals surface area contributed by atoms with Crippen LogP contribution >= 0.6 is 22.7 Å². The molecular formula is C18H15NO2S2. The van der Waals surface area contributed by atoms with Crippen LogP contribution in [0, 0.1) is 6.92 Å². The van der Waals surface area contributed by atoms with Crippen molar-refractivity contribution in [2.45, 2.75) is 6.92 Å². The second kappa shape index (κ2) is 6.48. The predicted molar refractivity (Wildman–Crippen MR) is 96.7 cm³/mol. The molecule has 0 bridgehead atoms. The Morgan fingerprint density at radius 2 is 2.04 bits per heavy atom. The second-order valence-corrected chi connectivity index (χ2v) is 7.22. The van der Waals surface area contributed by atoms with E-state index in [1.807, 2.05) is 48.7 Å². The number of ketones is 1. The number of aryl methyl sites for hydroxylation is 1. The van der Waals surface area contributed by atoms with E-state index in [1.165, 1.54) is 33.3 Å². The number of thiophene rings is 1. The van der Waals surface area contributed by atoms with E-state index in [0.29, 0.717) is 14.1 Å². The Kier molecular flexibility index (Phi) is 4.41. The number of benzene rings is 1. The van der Waals surface area contributed by atoms with E-state index < -0.39 is 0 Å².